The van der Waals surface area contributed by atoms with Gasteiger partial charge in [0.1, 0.15) is 25.1 Å². The maximum atomic E-state index is 13.2. The first-order valence-electron chi connectivity index (χ1n) is 10.8. The van der Waals surface area contributed by atoms with E-state index >= 15 is 0 Å². The van der Waals surface area contributed by atoms with Gasteiger partial charge in [0.05, 0.1) is 10.5 Å². The van der Waals surface area contributed by atoms with Gasteiger partial charge in [0.2, 0.25) is 10.0 Å². The molecule has 1 saturated heterocycles. The molecule has 2 aromatic carbocycles. The highest BCUT2D eigenvalue weighted by Crippen LogP contribution is 2.40. The zero-order valence-corrected chi connectivity index (χ0v) is 18.9. The summed E-state index contributed by atoms with van der Waals surface area (Å²) < 4.78 is 44.7. The lowest BCUT2D eigenvalue weighted by Crippen LogP contribution is -2.50. The Balaban J connectivity index is 1.30. The van der Waals surface area contributed by atoms with E-state index in [0.717, 1.165) is 5.56 Å². The van der Waals surface area contributed by atoms with Crippen molar-refractivity contribution in [3.05, 3.63) is 47.5 Å². The van der Waals surface area contributed by atoms with E-state index in [4.69, 9.17) is 14.2 Å². The Labute approximate surface area is 187 Å². The van der Waals surface area contributed by atoms with Crippen LogP contribution in [0, 0.1) is 0 Å². The molecule has 5 rings (SSSR count). The maximum Gasteiger partial charge on any atom is 0.257 e. The first-order chi connectivity index (χ1) is 15.4. The average Bonchev–Trinajstić information content (AvgIpc) is 3.12. The van der Waals surface area contributed by atoms with Crippen LogP contribution in [0.25, 0.3) is 0 Å². The van der Waals surface area contributed by atoms with Crippen molar-refractivity contribution in [2.24, 2.45) is 0 Å². The van der Waals surface area contributed by atoms with Crippen LogP contribution in [0.2, 0.25) is 0 Å². The molecule has 1 amide bonds. The van der Waals surface area contributed by atoms with Crippen molar-refractivity contribution in [2.75, 3.05) is 39.4 Å². The lowest BCUT2D eigenvalue weighted by Gasteiger charge is -2.34. The molecule has 0 aromatic heterocycles. The van der Waals surface area contributed by atoms with E-state index in [0.29, 0.717) is 49.1 Å². The van der Waals surface area contributed by atoms with Crippen LogP contribution in [-0.2, 0) is 10.0 Å². The zero-order valence-electron chi connectivity index (χ0n) is 18.1. The van der Waals surface area contributed by atoms with Crippen molar-refractivity contribution in [3.63, 3.8) is 0 Å². The molecule has 2 unspecified atom stereocenters. The summed E-state index contributed by atoms with van der Waals surface area (Å²) in [7, 11) is -3.70. The molecule has 3 heterocycles. The molecular formula is C23H26N2O6S. The summed E-state index contributed by atoms with van der Waals surface area (Å²) in [6.07, 6.45) is 0.0203. The molecule has 9 heteroatoms. The summed E-state index contributed by atoms with van der Waals surface area (Å²) in [6.45, 7) is 6.02. The summed E-state index contributed by atoms with van der Waals surface area (Å²) in [6, 6.07) is 10.3. The minimum atomic E-state index is -3.70. The lowest BCUT2D eigenvalue weighted by atomic mass is 9.96. The molecule has 170 valence electrons. The van der Waals surface area contributed by atoms with Crippen LogP contribution in [0.5, 0.6) is 17.2 Å². The second-order valence-electron chi connectivity index (χ2n) is 8.34. The average molecular weight is 459 g/mol. The molecule has 2 atom stereocenters. The van der Waals surface area contributed by atoms with Gasteiger partial charge in [-0.15, -0.1) is 0 Å². The Morgan fingerprint density at radius 3 is 2.44 bits per heavy atom. The number of hydrogen-bond donors (Lipinski definition) is 0. The number of hydrogen-bond acceptors (Lipinski definition) is 6. The summed E-state index contributed by atoms with van der Waals surface area (Å²) in [5, 5.41) is 0. The van der Waals surface area contributed by atoms with E-state index in [-0.39, 0.29) is 35.9 Å². The minimum Gasteiger partial charge on any atom is -0.489 e. The third-order valence-electron chi connectivity index (χ3n) is 6.45. The van der Waals surface area contributed by atoms with E-state index in [1.165, 1.54) is 16.4 Å². The molecule has 0 radical (unpaired) electrons. The fourth-order valence-corrected chi connectivity index (χ4v) is 5.83. The van der Waals surface area contributed by atoms with Gasteiger partial charge in [-0.05, 0) is 25.1 Å². The van der Waals surface area contributed by atoms with Crippen molar-refractivity contribution in [3.8, 4) is 17.2 Å². The SMILES string of the molecule is CC1Oc2c(C(=O)N3CCN(S(=O)(=O)c4ccc5c(c4)OCCO5)CC3)cccc2C1C. The number of benzene rings is 2. The largest absolute Gasteiger partial charge is 0.489 e. The van der Waals surface area contributed by atoms with Gasteiger partial charge in [-0.25, -0.2) is 8.42 Å². The van der Waals surface area contributed by atoms with Gasteiger partial charge in [-0.1, -0.05) is 19.1 Å². The Kier molecular flexibility index (Phi) is 5.25. The van der Waals surface area contributed by atoms with Crippen molar-refractivity contribution in [1.29, 1.82) is 0 Å². The minimum absolute atomic E-state index is 0.0203. The molecule has 3 aliphatic heterocycles. The highest BCUT2D eigenvalue weighted by Gasteiger charge is 2.35. The number of carbonyl (C=O) groups excluding carboxylic acids is 1. The number of amides is 1. The van der Waals surface area contributed by atoms with Gasteiger partial charge in [0, 0.05) is 43.7 Å². The number of nitrogens with zero attached hydrogens (tertiary/aromatic N) is 2. The molecule has 0 N–H and O–H groups in total. The van der Waals surface area contributed by atoms with Crippen LogP contribution >= 0.6 is 0 Å². The normalized spacial score (nSPS) is 22.9. The number of fused-ring (bicyclic) bond motifs is 2. The molecular weight excluding hydrogens is 432 g/mol. The van der Waals surface area contributed by atoms with E-state index in [1.54, 1.807) is 17.0 Å². The van der Waals surface area contributed by atoms with E-state index < -0.39 is 10.0 Å². The zero-order chi connectivity index (χ0) is 22.5. The third-order valence-corrected chi connectivity index (χ3v) is 8.35. The van der Waals surface area contributed by atoms with E-state index in [9.17, 15) is 13.2 Å². The Morgan fingerprint density at radius 1 is 0.969 bits per heavy atom. The third kappa shape index (κ3) is 3.49. The number of para-hydroxylation sites is 1. The fourth-order valence-electron chi connectivity index (χ4n) is 4.39. The van der Waals surface area contributed by atoms with Crippen LogP contribution in [0.4, 0.5) is 0 Å². The topological polar surface area (TPSA) is 85.4 Å². The Bertz CT molecular complexity index is 1160. The van der Waals surface area contributed by atoms with Gasteiger partial charge < -0.3 is 19.1 Å². The number of rotatable bonds is 3. The quantitative estimate of drug-likeness (QED) is 0.703. The molecule has 0 bridgehead atoms. The molecule has 2 aromatic rings. The van der Waals surface area contributed by atoms with E-state index in [2.05, 4.69) is 6.92 Å². The molecule has 1 fully saturated rings. The van der Waals surface area contributed by atoms with Crippen molar-refractivity contribution >= 4 is 15.9 Å². The van der Waals surface area contributed by atoms with Gasteiger partial charge in [0.15, 0.2) is 11.5 Å². The first kappa shape index (κ1) is 21.1. The number of piperazine rings is 1. The second kappa shape index (κ2) is 7.97. The first-order valence-corrected chi connectivity index (χ1v) is 12.3. The number of ether oxygens (including phenoxy) is 3. The van der Waals surface area contributed by atoms with Crippen molar-refractivity contribution in [2.45, 2.75) is 30.8 Å². The van der Waals surface area contributed by atoms with Crippen LogP contribution in [0.3, 0.4) is 0 Å². The number of sulfonamides is 1. The van der Waals surface area contributed by atoms with Crippen LogP contribution in [-0.4, -0.2) is 69.0 Å². The monoisotopic (exact) mass is 458 g/mol. The van der Waals surface area contributed by atoms with Crippen LogP contribution in [0.1, 0.15) is 35.7 Å². The van der Waals surface area contributed by atoms with Gasteiger partial charge in [-0.3, -0.25) is 4.79 Å². The standard InChI is InChI=1S/C23H26N2O6S/c1-15-16(2)31-22-18(15)4-3-5-19(22)23(26)24-8-10-25(11-9-24)32(27,28)17-6-7-20-21(14-17)30-13-12-29-20/h3-7,14-16H,8-13H2,1-2H3. The van der Waals surface area contributed by atoms with E-state index in [1.807, 2.05) is 19.1 Å². The molecule has 32 heavy (non-hydrogen) atoms. The summed E-state index contributed by atoms with van der Waals surface area (Å²) in [4.78, 5) is 15.1. The molecule has 0 spiro atoms. The van der Waals surface area contributed by atoms with Crippen LogP contribution in [0.15, 0.2) is 41.3 Å². The smallest absolute Gasteiger partial charge is 0.257 e. The summed E-state index contributed by atoms with van der Waals surface area (Å²) >= 11 is 0. The molecule has 3 aliphatic rings. The highest BCUT2D eigenvalue weighted by atomic mass is 32.2. The fraction of sp³-hybridized carbons (Fsp3) is 0.435. The Morgan fingerprint density at radius 2 is 1.69 bits per heavy atom. The maximum absolute atomic E-state index is 13.2. The second-order valence-corrected chi connectivity index (χ2v) is 10.3. The Hall–Kier alpha value is -2.78. The predicted octanol–water partition coefficient (Wildman–Crippen LogP) is 2.49. The lowest BCUT2D eigenvalue weighted by molar-refractivity contribution is 0.0692. The summed E-state index contributed by atoms with van der Waals surface area (Å²) in [5.74, 6) is 1.74. The van der Waals surface area contributed by atoms with Gasteiger partial charge >= 0.3 is 0 Å². The van der Waals surface area contributed by atoms with Crippen molar-refractivity contribution in [1.82, 2.24) is 9.21 Å². The molecule has 8 nitrogen and oxygen atoms in total. The highest BCUT2D eigenvalue weighted by molar-refractivity contribution is 7.89. The van der Waals surface area contributed by atoms with Gasteiger partial charge in [0.25, 0.3) is 5.91 Å². The van der Waals surface area contributed by atoms with Crippen molar-refractivity contribution < 1.29 is 27.4 Å². The van der Waals surface area contributed by atoms with Gasteiger partial charge in [-0.2, -0.15) is 4.31 Å². The number of carbonyl (C=O) groups is 1. The predicted molar refractivity (Wildman–Crippen MR) is 117 cm³/mol. The van der Waals surface area contributed by atoms with Crippen LogP contribution < -0.4 is 14.2 Å². The molecule has 0 saturated carbocycles. The molecule has 0 aliphatic carbocycles. The summed E-state index contributed by atoms with van der Waals surface area (Å²) in [5.41, 5.74) is 1.59.